The molecule has 0 aliphatic rings. The molecular formula is C27H53NO4. The van der Waals surface area contributed by atoms with Crippen LogP contribution in [0.4, 0.5) is 4.79 Å². The minimum atomic E-state index is -0.586. The maximum absolute atomic E-state index is 12.6. The second-order valence-corrected chi connectivity index (χ2v) is 10.1. The smallest absolute Gasteiger partial charge is 0.410 e. The molecule has 0 heterocycles. The average Bonchev–Trinajstić information content (AvgIpc) is 2.75. The van der Waals surface area contributed by atoms with Gasteiger partial charge in [0.25, 0.3) is 0 Å². The van der Waals surface area contributed by atoms with Crippen LogP contribution in [0.15, 0.2) is 0 Å². The van der Waals surface area contributed by atoms with Gasteiger partial charge in [0.1, 0.15) is 6.04 Å². The van der Waals surface area contributed by atoms with Crippen molar-refractivity contribution in [1.82, 2.24) is 4.90 Å². The Kier molecular flexibility index (Phi) is 19.6. The van der Waals surface area contributed by atoms with Crippen LogP contribution >= 0.6 is 0 Å². The summed E-state index contributed by atoms with van der Waals surface area (Å²) in [6, 6.07) is -0.586. The van der Waals surface area contributed by atoms with Crippen LogP contribution in [0.5, 0.6) is 0 Å². The zero-order chi connectivity index (χ0) is 24.2. The second-order valence-electron chi connectivity index (χ2n) is 10.1. The molecule has 5 heteroatoms. The summed E-state index contributed by atoms with van der Waals surface area (Å²) in [6.07, 6.45) is 16.9. The third kappa shape index (κ3) is 17.3. The van der Waals surface area contributed by atoms with Crippen molar-refractivity contribution < 1.29 is 19.1 Å². The van der Waals surface area contributed by atoms with Crippen LogP contribution < -0.4 is 0 Å². The van der Waals surface area contributed by atoms with Gasteiger partial charge in [-0.25, -0.2) is 9.59 Å². The summed E-state index contributed by atoms with van der Waals surface area (Å²) in [5.41, 5.74) is 0. The number of carbonyl (C=O) groups is 2. The van der Waals surface area contributed by atoms with Crippen LogP contribution in [0.1, 0.15) is 125 Å². The number of amides is 1. The van der Waals surface area contributed by atoms with E-state index in [0.29, 0.717) is 19.6 Å². The third-order valence-corrected chi connectivity index (χ3v) is 5.75. The molecule has 0 saturated carbocycles. The lowest BCUT2D eigenvalue weighted by atomic mass is 10.0. The van der Waals surface area contributed by atoms with Crippen molar-refractivity contribution in [3.63, 3.8) is 0 Å². The summed E-state index contributed by atoms with van der Waals surface area (Å²) in [4.78, 5) is 26.3. The molecule has 0 radical (unpaired) electrons. The molecule has 5 nitrogen and oxygen atoms in total. The molecule has 0 aromatic carbocycles. The number of nitrogens with zero attached hydrogens (tertiary/aromatic N) is 1. The molecule has 0 rings (SSSR count). The maximum Gasteiger partial charge on any atom is 0.410 e. The van der Waals surface area contributed by atoms with Crippen LogP contribution in [0.2, 0.25) is 0 Å². The predicted molar refractivity (Wildman–Crippen MR) is 134 cm³/mol. The molecule has 0 spiro atoms. The largest absolute Gasteiger partial charge is 0.464 e. The number of hydrogen-bond donors (Lipinski definition) is 0. The highest BCUT2D eigenvalue weighted by molar-refractivity contribution is 5.81. The Morgan fingerprint density at radius 2 is 1.16 bits per heavy atom. The summed E-state index contributed by atoms with van der Waals surface area (Å²) in [6.45, 7) is 11.1. The van der Waals surface area contributed by atoms with Crippen molar-refractivity contribution >= 4 is 12.1 Å². The lowest BCUT2D eigenvalue weighted by molar-refractivity contribution is -0.149. The summed E-state index contributed by atoms with van der Waals surface area (Å²) in [5, 5.41) is 0. The molecule has 0 bridgehead atoms. The van der Waals surface area contributed by atoms with Gasteiger partial charge in [-0.2, -0.15) is 0 Å². The van der Waals surface area contributed by atoms with E-state index in [-0.39, 0.29) is 17.8 Å². The highest BCUT2D eigenvalue weighted by Gasteiger charge is 2.30. The molecule has 0 aromatic rings. The van der Waals surface area contributed by atoms with E-state index in [4.69, 9.17) is 9.47 Å². The van der Waals surface area contributed by atoms with Gasteiger partial charge in [-0.05, 0) is 24.7 Å². The van der Waals surface area contributed by atoms with E-state index in [1.54, 1.807) is 7.05 Å². The van der Waals surface area contributed by atoms with Crippen molar-refractivity contribution in [3.05, 3.63) is 0 Å². The van der Waals surface area contributed by atoms with E-state index in [1.165, 1.54) is 75.5 Å². The lowest BCUT2D eigenvalue weighted by Crippen LogP contribution is -2.44. The number of rotatable bonds is 20. The summed E-state index contributed by atoms with van der Waals surface area (Å²) >= 11 is 0. The fraction of sp³-hybridized carbons (Fsp3) is 0.926. The first-order valence-corrected chi connectivity index (χ1v) is 13.4. The molecule has 0 N–H and O–H groups in total. The van der Waals surface area contributed by atoms with Crippen molar-refractivity contribution in [2.45, 2.75) is 131 Å². The SMILES string of the molecule is CCCCCCCCCCCCCCCOC(=O)C(CC(C)C)N(C)C(=O)OCC(C)C. The Morgan fingerprint density at radius 3 is 1.59 bits per heavy atom. The van der Waals surface area contributed by atoms with E-state index < -0.39 is 12.1 Å². The minimum Gasteiger partial charge on any atom is -0.464 e. The molecule has 0 fully saturated rings. The van der Waals surface area contributed by atoms with E-state index >= 15 is 0 Å². The van der Waals surface area contributed by atoms with Crippen molar-refractivity contribution in [2.75, 3.05) is 20.3 Å². The van der Waals surface area contributed by atoms with Gasteiger partial charge in [-0.1, -0.05) is 112 Å². The van der Waals surface area contributed by atoms with Crippen molar-refractivity contribution in [1.29, 1.82) is 0 Å². The van der Waals surface area contributed by atoms with Gasteiger partial charge in [0.2, 0.25) is 0 Å². The normalized spacial score (nSPS) is 12.2. The van der Waals surface area contributed by atoms with E-state index in [1.807, 2.05) is 27.7 Å². The Hall–Kier alpha value is -1.26. The van der Waals surface area contributed by atoms with Crippen molar-refractivity contribution in [2.24, 2.45) is 11.8 Å². The Bertz CT molecular complexity index is 465. The Morgan fingerprint density at radius 1 is 0.688 bits per heavy atom. The van der Waals surface area contributed by atoms with Gasteiger partial charge in [0.15, 0.2) is 0 Å². The first-order chi connectivity index (χ1) is 15.3. The Labute approximate surface area is 199 Å². The highest BCUT2D eigenvalue weighted by Crippen LogP contribution is 2.15. The second kappa shape index (κ2) is 20.4. The highest BCUT2D eigenvalue weighted by atomic mass is 16.6. The molecular weight excluding hydrogens is 402 g/mol. The number of hydrogen-bond acceptors (Lipinski definition) is 4. The quantitative estimate of drug-likeness (QED) is 0.139. The topological polar surface area (TPSA) is 55.8 Å². The predicted octanol–water partition coefficient (Wildman–Crippen LogP) is 7.76. The van der Waals surface area contributed by atoms with Crippen molar-refractivity contribution in [3.8, 4) is 0 Å². The molecule has 1 atom stereocenters. The monoisotopic (exact) mass is 455 g/mol. The third-order valence-electron chi connectivity index (χ3n) is 5.75. The van der Waals surface area contributed by atoms with Gasteiger partial charge >= 0.3 is 12.1 Å². The number of esters is 1. The standard InChI is InChI=1S/C27H53NO4/c1-7-8-9-10-11-12-13-14-15-16-17-18-19-20-31-26(29)25(21-23(2)3)28(6)27(30)32-22-24(4)5/h23-25H,7-22H2,1-6H3. The molecule has 32 heavy (non-hydrogen) atoms. The van der Waals surface area contributed by atoms with Crippen LogP contribution in [0.3, 0.4) is 0 Å². The van der Waals surface area contributed by atoms with Crippen LogP contribution in [-0.4, -0.2) is 43.3 Å². The van der Waals surface area contributed by atoms with Gasteiger partial charge in [-0.3, -0.25) is 4.90 Å². The molecule has 0 saturated heterocycles. The first kappa shape index (κ1) is 30.7. The average molecular weight is 456 g/mol. The van der Waals surface area contributed by atoms with E-state index in [9.17, 15) is 9.59 Å². The molecule has 1 unspecified atom stereocenters. The van der Waals surface area contributed by atoms with Crippen LogP contribution in [0, 0.1) is 11.8 Å². The number of carbonyl (C=O) groups excluding carboxylic acids is 2. The molecule has 0 aliphatic carbocycles. The molecule has 1 amide bonds. The fourth-order valence-electron chi connectivity index (χ4n) is 3.71. The van der Waals surface area contributed by atoms with Gasteiger partial charge in [0, 0.05) is 7.05 Å². The summed E-state index contributed by atoms with van der Waals surface area (Å²) in [5.74, 6) is 0.226. The molecule has 190 valence electrons. The fourth-order valence-corrected chi connectivity index (χ4v) is 3.71. The number of likely N-dealkylation sites (N-methyl/N-ethyl adjacent to an activating group) is 1. The molecule has 0 aliphatic heterocycles. The lowest BCUT2D eigenvalue weighted by Gasteiger charge is -2.27. The first-order valence-electron chi connectivity index (χ1n) is 13.4. The van der Waals surface area contributed by atoms with Crippen LogP contribution in [-0.2, 0) is 14.3 Å². The number of unbranched alkanes of at least 4 members (excludes halogenated alkanes) is 12. The number of ether oxygens (including phenoxy) is 2. The zero-order valence-electron chi connectivity index (χ0n) is 22.1. The van der Waals surface area contributed by atoms with Crippen LogP contribution in [0.25, 0.3) is 0 Å². The van der Waals surface area contributed by atoms with Gasteiger partial charge in [-0.15, -0.1) is 0 Å². The maximum atomic E-state index is 12.6. The Balaban J connectivity index is 3.93. The van der Waals surface area contributed by atoms with Gasteiger partial charge in [0.05, 0.1) is 13.2 Å². The molecule has 0 aromatic heterocycles. The zero-order valence-corrected chi connectivity index (χ0v) is 22.1. The minimum absolute atomic E-state index is 0.262. The summed E-state index contributed by atoms with van der Waals surface area (Å²) < 4.78 is 10.8. The summed E-state index contributed by atoms with van der Waals surface area (Å²) in [7, 11) is 1.63. The van der Waals surface area contributed by atoms with Gasteiger partial charge < -0.3 is 9.47 Å². The van der Waals surface area contributed by atoms with E-state index in [2.05, 4.69) is 6.92 Å². The van der Waals surface area contributed by atoms with E-state index in [0.717, 1.165) is 12.8 Å².